The van der Waals surface area contributed by atoms with E-state index in [4.69, 9.17) is 12.2 Å². The number of carbonyl (C=O) groups excluding carboxylic acids is 2. The molecule has 3 heteroatoms. The lowest BCUT2D eigenvalue weighted by atomic mass is 9.47. The van der Waals surface area contributed by atoms with Crippen LogP contribution in [0.25, 0.3) is 0 Å². The fourth-order valence-corrected chi connectivity index (χ4v) is 6.71. The Labute approximate surface area is 137 Å². The number of rotatable bonds is 1. The molecule has 0 heterocycles. The molecule has 0 saturated heterocycles. The number of thiocarbonyl (C=S) groups is 1. The second kappa shape index (κ2) is 4.83. The minimum atomic E-state index is -0.0739. The predicted molar refractivity (Wildman–Crippen MR) is 89.7 cm³/mol. The van der Waals surface area contributed by atoms with Crippen molar-refractivity contribution >= 4 is 29.2 Å². The Morgan fingerprint density at radius 2 is 1.91 bits per heavy atom. The Balaban J connectivity index is 1.74. The number of fused-ring (bicyclic) bond motifs is 5. The molecule has 22 heavy (non-hydrogen) atoms. The lowest BCUT2D eigenvalue weighted by molar-refractivity contribution is -0.131. The molecule has 0 aromatic carbocycles. The summed E-state index contributed by atoms with van der Waals surface area (Å²) in [6, 6.07) is 0. The maximum absolute atomic E-state index is 12.4. The summed E-state index contributed by atoms with van der Waals surface area (Å²) in [5.41, 5.74) is 1.20. The maximum atomic E-state index is 12.4. The lowest BCUT2D eigenvalue weighted by Gasteiger charge is -2.56. The van der Waals surface area contributed by atoms with Gasteiger partial charge in [0.05, 0.1) is 0 Å². The van der Waals surface area contributed by atoms with Gasteiger partial charge in [-0.15, -0.1) is 0 Å². The van der Waals surface area contributed by atoms with Crippen molar-refractivity contribution in [1.29, 1.82) is 0 Å². The molecule has 0 aliphatic heterocycles. The molecular weight excluding hydrogens is 292 g/mol. The molecule has 2 nitrogen and oxygen atoms in total. The minimum Gasteiger partial charge on any atom is -0.299 e. The average molecular weight is 316 g/mol. The van der Waals surface area contributed by atoms with Gasteiger partial charge in [0.15, 0.2) is 5.78 Å². The van der Waals surface area contributed by atoms with Gasteiger partial charge >= 0.3 is 0 Å². The molecule has 0 N–H and O–H groups in total. The number of allylic oxidation sites excluding steroid dienone is 1. The van der Waals surface area contributed by atoms with Crippen LogP contribution in [-0.2, 0) is 9.59 Å². The van der Waals surface area contributed by atoms with Crippen LogP contribution in [0.15, 0.2) is 11.6 Å². The minimum absolute atomic E-state index is 0.0286. The zero-order chi connectivity index (χ0) is 15.5. The zero-order valence-corrected chi connectivity index (χ0v) is 14.1. The Bertz CT molecular complexity index is 592. The van der Waals surface area contributed by atoms with Crippen molar-refractivity contribution in [2.24, 2.45) is 28.6 Å². The summed E-state index contributed by atoms with van der Waals surface area (Å²) in [6.07, 6.45) is 9.55. The average Bonchev–Trinajstić information content (AvgIpc) is 2.82. The summed E-state index contributed by atoms with van der Waals surface area (Å²) >= 11 is 5.49. The van der Waals surface area contributed by atoms with Crippen LogP contribution >= 0.6 is 12.2 Å². The van der Waals surface area contributed by atoms with E-state index in [2.05, 4.69) is 6.92 Å². The van der Waals surface area contributed by atoms with E-state index in [-0.39, 0.29) is 16.6 Å². The molecule has 0 amide bonds. The molecule has 0 bridgehead atoms. The lowest BCUT2D eigenvalue weighted by Crippen LogP contribution is -2.52. The first-order chi connectivity index (χ1) is 10.5. The molecule has 3 saturated carbocycles. The summed E-state index contributed by atoms with van der Waals surface area (Å²) < 4.78 is 0. The monoisotopic (exact) mass is 316 g/mol. The van der Waals surface area contributed by atoms with Crippen LogP contribution in [0.5, 0.6) is 0 Å². The van der Waals surface area contributed by atoms with Crippen molar-refractivity contribution < 1.29 is 9.59 Å². The first kappa shape index (κ1) is 14.7. The third-order valence-corrected chi connectivity index (χ3v) is 7.90. The van der Waals surface area contributed by atoms with E-state index in [9.17, 15) is 9.59 Å². The van der Waals surface area contributed by atoms with Crippen molar-refractivity contribution in [1.82, 2.24) is 0 Å². The van der Waals surface area contributed by atoms with Gasteiger partial charge in [-0.2, -0.15) is 0 Å². The van der Waals surface area contributed by atoms with Crippen LogP contribution in [0, 0.1) is 28.6 Å². The van der Waals surface area contributed by atoms with E-state index < -0.39 is 0 Å². The van der Waals surface area contributed by atoms with Gasteiger partial charge in [-0.3, -0.25) is 9.59 Å². The molecular formula is C19H24O2S. The van der Waals surface area contributed by atoms with Gasteiger partial charge in [-0.25, -0.2) is 0 Å². The molecule has 0 spiro atoms. The number of Topliss-reactive ketones (excluding diaryl/α,β-unsaturated/α-hetero) is 1. The number of hydrogen-bond acceptors (Lipinski definition) is 3. The Kier molecular flexibility index (Phi) is 3.24. The van der Waals surface area contributed by atoms with Crippen molar-refractivity contribution in [2.45, 2.75) is 58.3 Å². The highest BCUT2D eigenvalue weighted by Crippen LogP contribution is 2.64. The van der Waals surface area contributed by atoms with Crippen molar-refractivity contribution in [3.8, 4) is 0 Å². The Hall–Kier alpha value is -0.830. The first-order valence-electron chi connectivity index (χ1n) is 8.75. The van der Waals surface area contributed by atoms with Gasteiger partial charge < -0.3 is 0 Å². The summed E-state index contributed by atoms with van der Waals surface area (Å²) in [5, 5.41) is 1.99. The fourth-order valence-electron chi connectivity index (χ4n) is 6.26. The Morgan fingerprint density at radius 3 is 2.68 bits per heavy atom. The van der Waals surface area contributed by atoms with Gasteiger partial charge in [0, 0.05) is 23.7 Å². The van der Waals surface area contributed by atoms with E-state index in [0.29, 0.717) is 30.0 Å². The molecule has 0 radical (unpaired) electrons. The summed E-state index contributed by atoms with van der Waals surface area (Å²) in [5.74, 6) is 2.49. The van der Waals surface area contributed by atoms with Gasteiger partial charge in [0.1, 0.15) is 5.78 Å². The first-order valence-corrected chi connectivity index (χ1v) is 9.22. The quantitative estimate of drug-likeness (QED) is 0.684. The maximum Gasteiger partial charge on any atom is 0.155 e. The van der Waals surface area contributed by atoms with Crippen LogP contribution in [0.3, 0.4) is 0 Å². The summed E-state index contributed by atoms with van der Waals surface area (Å²) in [7, 11) is 0. The van der Waals surface area contributed by atoms with Crippen LogP contribution in [0.2, 0.25) is 0 Å². The highest BCUT2D eigenvalue weighted by molar-refractivity contribution is 7.79. The van der Waals surface area contributed by atoms with E-state index in [1.165, 1.54) is 5.57 Å². The predicted octanol–water partition coefficient (Wildman–Crippen LogP) is 4.07. The van der Waals surface area contributed by atoms with Crippen LogP contribution in [0.1, 0.15) is 58.3 Å². The molecule has 118 valence electrons. The normalized spacial score (nSPS) is 47.3. The Morgan fingerprint density at radius 1 is 1.09 bits per heavy atom. The van der Waals surface area contributed by atoms with E-state index in [1.54, 1.807) is 0 Å². The van der Waals surface area contributed by atoms with E-state index in [0.717, 1.165) is 44.9 Å². The molecule has 4 aliphatic carbocycles. The van der Waals surface area contributed by atoms with Crippen LogP contribution in [0.4, 0.5) is 0 Å². The highest BCUT2D eigenvalue weighted by Gasteiger charge is 2.59. The number of hydrogen-bond donors (Lipinski definition) is 0. The molecule has 4 rings (SSSR count). The third-order valence-electron chi connectivity index (χ3n) is 7.48. The molecule has 4 aliphatic rings. The number of carbonyl (C=O) groups is 2. The molecule has 0 aromatic rings. The topological polar surface area (TPSA) is 34.1 Å². The van der Waals surface area contributed by atoms with Crippen LogP contribution in [-0.4, -0.2) is 16.9 Å². The molecule has 0 unspecified atom stereocenters. The van der Waals surface area contributed by atoms with Crippen molar-refractivity contribution in [2.75, 3.05) is 0 Å². The SMILES string of the molecule is C[C@]12CC[C@H]3[C@@H](CCC4=CC(=O)CC[C@@]43C=S)[C@@H]1CCC2=O. The zero-order valence-electron chi connectivity index (χ0n) is 13.3. The van der Waals surface area contributed by atoms with Gasteiger partial charge in [0.25, 0.3) is 0 Å². The fraction of sp³-hybridized carbons (Fsp3) is 0.737. The molecule has 5 atom stereocenters. The van der Waals surface area contributed by atoms with Crippen LogP contribution < -0.4 is 0 Å². The van der Waals surface area contributed by atoms with Gasteiger partial charge in [-0.1, -0.05) is 24.7 Å². The second-order valence-electron chi connectivity index (χ2n) is 8.13. The van der Waals surface area contributed by atoms with E-state index >= 15 is 0 Å². The largest absolute Gasteiger partial charge is 0.299 e. The molecule has 0 aromatic heterocycles. The molecule has 3 fully saturated rings. The van der Waals surface area contributed by atoms with Gasteiger partial charge in [0.2, 0.25) is 0 Å². The highest BCUT2D eigenvalue weighted by atomic mass is 32.1. The van der Waals surface area contributed by atoms with Crippen molar-refractivity contribution in [3.05, 3.63) is 11.6 Å². The van der Waals surface area contributed by atoms with Crippen molar-refractivity contribution in [3.63, 3.8) is 0 Å². The third kappa shape index (κ3) is 1.75. The summed E-state index contributed by atoms with van der Waals surface area (Å²) in [4.78, 5) is 24.2. The second-order valence-corrected chi connectivity index (χ2v) is 8.36. The smallest absolute Gasteiger partial charge is 0.155 e. The van der Waals surface area contributed by atoms with E-state index in [1.807, 2.05) is 11.4 Å². The number of ketones is 2. The summed E-state index contributed by atoms with van der Waals surface area (Å²) in [6.45, 7) is 2.21. The standard InChI is InChI=1S/C19H24O2S/c1-18-8-7-16-14(15(18)4-5-17(18)21)3-2-12-10-13(20)6-9-19(12,16)11-22/h10-11,14-16H,2-9H2,1H3/t14-,15-,16-,18-,19+/m0/s1. The van der Waals surface area contributed by atoms with Gasteiger partial charge in [-0.05, 0) is 67.7 Å².